The van der Waals surface area contributed by atoms with Gasteiger partial charge in [-0.15, -0.1) is 0 Å². The molecule has 2 aromatic carbocycles. The van der Waals surface area contributed by atoms with E-state index in [1.165, 1.54) is 0 Å². The maximum Gasteiger partial charge on any atom is 0.251 e. The monoisotopic (exact) mass is 340 g/mol. The Morgan fingerprint density at radius 3 is 2.76 bits per heavy atom. The highest BCUT2D eigenvalue weighted by Gasteiger charge is 2.34. The number of hydrogen-bond acceptors (Lipinski definition) is 4. The average molecular weight is 340 g/mol. The zero-order valence-electron chi connectivity index (χ0n) is 15.1. The van der Waals surface area contributed by atoms with Crippen LogP contribution in [0.5, 0.6) is 11.5 Å². The molecule has 0 saturated heterocycles. The lowest BCUT2D eigenvalue weighted by Crippen LogP contribution is -2.41. The van der Waals surface area contributed by atoms with E-state index in [4.69, 9.17) is 15.2 Å². The second-order valence-electron chi connectivity index (χ2n) is 7.07. The SMILES string of the molecule is COc1cc(C(=O)NC2CC(C)(C)Oc3ccc(N)cc32)ccc1C. The Labute approximate surface area is 148 Å². The molecule has 1 heterocycles. The van der Waals surface area contributed by atoms with E-state index < -0.39 is 0 Å². The summed E-state index contributed by atoms with van der Waals surface area (Å²) in [6, 6.07) is 10.8. The predicted octanol–water partition coefficient (Wildman–Crippen LogP) is 3.62. The fourth-order valence-electron chi connectivity index (χ4n) is 3.20. The number of nitrogens with two attached hydrogens (primary N) is 1. The fourth-order valence-corrected chi connectivity index (χ4v) is 3.20. The number of aryl methyl sites for hydroxylation is 1. The van der Waals surface area contributed by atoms with Crippen molar-refractivity contribution in [3.05, 3.63) is 53.1 Å². The van der Waals surface area contributed by atoms with Gasteiger partial charge in [0, 0.05) is 23.2 Å². The molecule has 132 valence electrons. The Bertz CT molecular complexity index is 815. The van der Waals surface area contributed by atoms with Gasteiger partial charge in [-0.25, -0.2) is 0 Å². The molecule has 0 bridgehead atoms. The van der Waals surface area contributed by atoms with Crippen molar-refractivity contribution in [3.8, 4) is 11.5 Å². The van der Waals surface area contributed by atoms with Gasteiger partial charge in [0.2, 0.25) is 0 Å². The van der Waals surface area contributed by atoms with E-state index >= 15 is 0 Å². The predicted molar refractivity (Wildman–Crippen MR) is 98.1 cm³/mol. The van der Waals surface area contributed by atoms with Gasteiger partial charge in [-0.1, -0.05) is 6.07 Å². The molecule has 5 nitrogen and oxygen atoms in total. The molecule has 1 atom stereocenters. The first kappa shape index (κ1) is 17.1. The molecule has 0 saturated carbocycles. The molecule has 0 aliphatic carbocycles. The molecule has 1 amide bonds. The topological polar surface area (TPSA) is 73.6 Å². The van der Waals surface area contributed by atoms with E-state index in [0.29, 0.717) is 23.4 Å². The number of hydrogen-bond donors (Lipinski definition) is 2. The lowest BCUT2D eigenvalue weighted by Gasteiger charge is -2.38. The fraction of sp³-hybridized carbons (Fsp3) is 0.350. The molecule has 0 fully saturated rings. The van der Waals surface area contributed by atoms with Gasteiger partial charge in [-0.2, -0.15) is 0 Å². The van der Waals surface area contributed by atoms with Gasteiger partial charge in [0.15, 0.2) is 0 Å². The highest BCUT2D eigenvalue weighted by molar-refractivity contribution is 5.95. The third-order valence-electron chi connectivity index (χ3n) is 4.47. The molecule has 25 heavy (non-hydrogen) atoms. The van der Waals surface area contributed by atoms with Crippen molar-refractivity contribution >= 4 is 11.6 Å². The highest BCUT2D eigenvalue weighted by atomic mass is 16.5. The largest absolute Gasteiger partial charge is 0.496 e. The maximum atomic E-state index is 12.8. The lowest BCUT2D eigenvalue weighted by molar-refractivity contribution is 0.0620. The Morgan fingerprint density at radius 1 is 1.28 bits per heavy atom. The third-order valence-corrected chi connectivity index (χ3v) is 4.47. The van der Waals surface area contributed by atoms with Crippen LogP contribution >= 0.6 is 0 Å². The van der Waals surface area contributed by atoms with Gasteiger partial charge in [-0.3, -0.25) is 4.79 Å². The minimum atomic E-state index is -0.369. The maximum absolute atomic E-state index is 12.8. The Hall–Kier alpha value is -2.69. The van der Waals surface area contributed by atoms with E-state index in [-0.39, 0.29) is 17.6 Å². The van der Waals surface area contributed by atoms with Crippen LogP contribution in [-0.4, -0.2) is 18.6 Å². The number of nitrogens with one attached hydrogen (secondary N) is 1. The number of amides is 1. The van der Waals surface area contributed by atoms with Crippen LogP contribution in [0.1, 0.15) is 47.8 Å². The molecule has 0 radical (unpaired) electrons. The van der Waals surface area contributed by atoms with Crippen LogP contribution in [0.2, 0.25) is 0 Å². The van der Waals surface area contributed by atoms with E-state index in [1.807, 2.05) is 45.0 Å². The van der Waals surface area contributed by atoms with Crippen LogP contribution in [0, 0.1) is 6.92 Å². The number of ether oxygens (including phenoxy) is 2. The zero-order valence-corrected chi connectivity index (χ0v) is 15.1. The van der Waals surface area contributed by atoms with E-state index in [2.05, 4.69) is 5.32 Å². The van der Waals surface area contributed by atoms with Crippen LogP contribution in [0.3, 0.4) is 0 Å². The molecule has 5 heteroatoms. The summed E-state index contributed by atoms with van der Waals surface area (Å²) in [5, 5.41) is 3.11. The number of methoxy groups -OCH3 is 1. The van der Waals surface area contributed by atoms with Crippen molar-refractivity contribution in [1.29, 1.82) is 0 Å². The number of benzene rings is 2. The van der Waals surface area contributed by atoms with Gasteiger partial charge < -0.3 is 20.5 Å². The minimum Gasteiger partial charge on any atom is -0.496 e. The van der Waals surface area contributed by atoms with Crippen molar-refractivity contribution < 1.29 is 14.3 Å². The molecule has 3 rings (SSSR count). The summed E-state index contributed by atoms with van der Waals surface area (Å²) in [5.74, 6) is 1.32. The van der Waals surface area contributed by atoms with Gasteiger partial charge in [0.25, 0.3) is 5.91 Å². The van der Waals surface area contributed by atoms with E-state index in [1.54, 1.807) is 19.2 Å². The van der Waals surface area contributed by atoms with Gasteiger partial charge in [0.05, 0.1) is 13.2 Å². The average Bonchev–Trinajstić information content (AvgIpc) is 2.55. The third kappa shape index (κ3) is 3.55. The smallest absolute Gasteiger partial charge is 0.251 e. The van der Waals surface area contributed by atoms with Crippen molar-refractivity contribution in [2.75, 3.05) is 12.8 Å². The first-order valence-corrected chi connectivity index (χ1v) is 8.33. The number of fused-ring (bicyclic) bond motifs is 1. The van der Waals surface area contributed by atoms with Crippen LogP contribution in [0.25, 0.3) is 0 Å². The van der Waals surface area contributed by atoms with Crippen molar-refractivity contribution in [2.45, 2.75) is 38.8 Å². The molecule has 1 aliphatic heterocycles. The van der Waals surface area contributed by atoms with Crippen molar-refractivity contribution in [3.63, 3.8) is 0 Å². The quantitative estimate of drug-likeness (QED) is 0.837. The molecular formula is C20H24N2O3. The standard InChI is InChI=1S/C20H24N2O3/c1-12-5-6-13(9-18(12)24-4)19(23)22-16-11-20(2,3)25-17-8-7-14(21)10-15(16)17/h5-10,16H,11,21H2,1-4H3,(H,22,23). The second-order valence-corrected chi connectivity index (χ2v) is 7.07. The summed E-state index contributed by atoms with van der Waals surface area (Å²) in [7, 11) is 1.60. The van der Waals surface area contributed by atoms with Crippen LogP contribution in [0.4, 0.5) is 5.69 Å². The summed E-state index contributed by atoms with van der Waals surface area (Å²) in [4.78, 5) is 12.8. The van der Waals surface area contributed by atoms with E-state index in [9.17, 15) is 4.79 Å². The molecule has 2 aromatic rings. The Balaban J connectivity index is 1.89. The van der Waals surface area contributed by atoms with Crippen LogP contribution in [0.15, 0.2) is 36.4 Å². The summed E-state index contributed by atoms with van der Waals surface area (Å²) in [6.07, 6.45) is 0.665. The zero-order chi connectivity index (χ0) is 18.2. The highest BCUT2D eigenvalue weighted by Crippen LogP contribution is 2.40. The van der Waals surface area contributed by atoms with Crippen molar-refractivity contribution in [1.82, 2.24) is 5.32 Å². The second kappa shape index (κ2) is 6.31. The molecule has 1 aliphatic rings. The number of carbonyl (C=O) groups is 1. The summed E-state index contributed by atoms with van der Waals surface area (Å²) in [5.41, 5.74) is 8.67. The van der Waals surface area contributed by atoms with Crippen LogP contribution in [-0.2, 0) is 0 Å². The number of carbonyl (C=O) groups excluding carboxylic acids is 1. The van der Waals surface area contributed by atoms with Crippen LogP contribution < -0.4 is 20.5 Å². The molecule has 1 unspecified atom stereocenters. The first-order chi connectivity index (χ1) is 11.8. The Kier molecular flexibility index (Phi) is 4.33. The lowest BCUT2D eigenvalue weighted by atomic mass is 9.89. The normalized spacial score (nSPS) is 18.0. The Morgan fingerprint density at radius 2 is 2.04 bits per heavy atom. The first-order valence-electron chi connectivity index (χ1n) is 8.33. The molecule has 3 N–H and O–H groups in total. The minimum absolute atomic E-state index is 0.144. The number of anilines is 1. The van der Waals surface area contributed by atoms with E-state index in [0.717, 1.165) is 16.9 Å². The summed E-state index contributed by atoms with van der Waals surface area (Å²) >= 11 is 0. The molecular weight excluding hydrogens is 316 g/mol. The van der Waals surface area contributed by atoms with Gasteiger partial charge in [0.1, 0.15) is 17.1 Å². The summed E-state index contributed by atoms with van der Waals surface area (Å²) < 4.78 is 11.3. The summed E-state index contributed by atoms with van der Waals surface area (Å²) in [6.45, 7) is 5.97. The molecule has 0 spiro atoms. The van der Waals surface area contributed by atoms with Crippen molar-refractivity contribution in [2.24, 2.45) is 0 Å². The number of rotatable bonds is 3. The number of nitrogen functional groups attached to an aromatic ring is 1. The molecule has 0 aromatic heterocycles. The van der Waals surface area contributed by atoms with Gasteiger partial charge >= 0.3 is 0 Å². The van der Waals surface area contributed by atoms with Gasteiger partial charge in [-0.05, 0) is 56.7 Å².